The lowest BCUT2D eigenvalue weighted by atomic mass is 9.95. The first-order valence-corrected chi connectivity index (χ1v) is 8.01. The first-order chi connectivity index (χ1) is 9.16. The molecule has 5 nitrogen and oxygen atoms in total. The van der Waals surface area contributed by atoms with Crippen molar-refractivity contribution >= 4 is 10.0 Å². The van der Waals surface area contributed by atoms with Crippen LogP contribution in [0.2, 0.25) is 0 Å². The fourth-order valence-electron chi connectivity index (χ4n) is 2.04. The molecule has 20 heavy (non-hydrogen) atoms. The van der Waals surface area contributed by atoms with Crippen molar-refractivity contribution < 1.29 is 18.3 Å². The second kappa shape index (κ2) is 6.56. The molecule has 0 amide bonds. The van der Waals surface area contributed by atoms with Gasteiger partial charge in [0.05, 0.1) is 17.6 Å². The second-order valence-electron chi connectivity index (χ2n) is 5.59. The van der Waals surface area contributed by atoms with E-state index in [-0.39, 0.29) is 17.4 Å². The zero-order valence-corrected chi connectivity index (χ0v) is 13.2. The van der Waals surface area contributed by atoms with Crippen LogP contribution in [0.4, 0.5) is 0 Å². The van der Waals surface area contributed by atoms with E-state index < -0.39 is 15.6 Å². The Morgan fingerprint density at radius 2 is 1.85 bits per heavy atom. The first-order valence-electron chi connectivity index (χ1n) is 6.52. The standard InChI is InChI=1S/C14H23NO4S/c1-11(2)9-14(3,16)10-15-20(17,18)13-7-5-12(19-4)6-8-13/h5-8,11,15-16H,9-10H2,1-4H3. The molecule has 0 aliphatic heterocycles. The number of methoxy groups -OCH3 is 1. The quantitative estimate of drug-likeness (QED) is 0.805. The first kappa shape index (κ1) is 16.9. The summed E-state index contributed by atoms with van der Waals surface area (Å²) in [4.78, 5) is 0.152. The lowest BCUT2D eigenvalue weighted by Gasteiger charge is -2.25. The van der Waals surface area contributed by atoms with E-state index in [4.69, 9.17) is 4.74 Å². The summed E-state index contributed by atoms with van der Waals surface area (Å²) in [5.74, 6) is 0.881. The van der Waals surface area contributed by atoms with Gasteiger partial charge in [-0.25, -0.2) is 13.1 Å². The zero-order chi connectivity index (χ0) is 15.4. The third-order valence-electron chi connectivity index (χ3n) is 2.86. The van der Waals surface area contributed by atoms with Crippen LogP contribution < -0.4 is 9.46 Å². The second-order valence-corrected chi connectivity index (χ2v) is 7.36. The molecule has 0 fully saturated rings. The maximum Gasteiger partial charge on any atom is 0.240 e. The molecule has 0 saturated heterocycles. The summed E-state index contributed by atoms with van der Waals surface area (Å²) < 4.78 is 31.6. The molecule has 6 heteroatoms. The summed E-state index contributed by atoms with van der Waals surface area (Å²) in [5.41, 5.74) is -1.06. The van der Waals surface area contributed by atoms with Gasteiger partial charge >= 0.3 is 0 Å². The van der Waals surface area contributed by atoms with Crippen LogP contribution in [-0.2, 0) is 10.0 Å². The van der Waals surface area contributed by atoms with E-state index in [9.17, 15) is 13.5 Å². The van der Waals surface area contributed by atoms with E-state index in [0.717, 1.165) is 0 Å². The lowest BCUT2D eigenvalue weighted by molar-refractivity contribution is 0.0437. The van der Waals surface area contributed by atoms with Gasteiger partial charge < -0.3 is 9.84 Å². The van der Waals surface area contributed by atoms with Crippen LogP contribution in [0.1, 0.15) is 27.2 Å². The normalized spacial score (nSPS) is 15.1. The van der Waals surface area contributed by atoms with Crippen molar-refractivity contribution in [1.29, 1.82) is 0 Å². The molecule has 1 aromatic rings. The molecule has 0 heterocycles. The summed E-state index contributed by atoms with van der Waals surface area (Å²) in [7, 11) is -2.10. The maximum atomic E-state index is 12.1. The van der Waals surface area contributed by atoms with Gasteiger partial charge in [0.1, 0.15) is 5.75 Å². The molecule has 0 spiro atoms. The van der Waals surface area contributed by atoms with Gasteiger partial charge in [-0.15, -0.1) is 0 Å². The third-order valence-corrected chi connectivity index (χ3v) is 4.28. The van der Waals surface area contributed by atoms with Crippen molar-refractivity contribution in [2.75, 3.05) is 13.7 Å². The highest BCUT2D eigenvalue weighted by molar-refractivity contribution is 7.89. The Morgan fingerprint density at radius 1 is 1.30 bits per heavy atom. The molecule has 0 bridgehead atoms. The predicted molar refractivity (Wildman–Crippen MR) is 78.3 cm³/mol. The highest BCUT2D eigenvalue weighted by Crippen LogP contribution is 2.18. The van der Waals surface area contributed by atoms with Crippen LogP contribution in [0.3, 0.4) is 0 Å². The zero-order valence-electron chi connectivity index (χ0n) is 12.4. The third kappa shape index (κ3) is 5.11. The van der Waals surface area contributed by atoms with E-state index in [1.165, 1.54) is 19.2 Å². The number of hydrogen-bond acceptors (Lipinski definition) is 4. The highest BCUT2D eigenvalue weighted by Gasteiger charge is 2.25. The smallest absolute Gasteiger partial charge is 0.240 e. The monoisotopic (exact) mass is 301 g/mol. The number of nitrogens with one attached hydrogen (secondary N) is 1. The summed E-state index contributed by atoms with van der Waals surface area (Å²) in [5, 5.41) is 10.1. The fourth-order valence-corrected chi connectivity index (χ4v) is 3.20. The molecule has 0 saturated carbocycles. The lowest BCUT2D eigenvalue weighted by Crippen LogP contribution is -2.41. The number of sulfonamides is 1. The molecule has 1 atom stereocenters. The Balaban J connectivity index is 2.74. The highest BCUT2D eigenvalue weighted by atomic mass is 32.2. The van der Waals surface area contributed by atoms with E-state index in [1.54, 1.807) is 19.1 Å². The van der Waals surface area contributed by atoms with Gasteiger partial charge in [-0.05, 0) is 43.5 Å². The largest absolute Gasteiger partial charge is 0.497 e. The van der Waals surface area contributed by atoms with Gasteiger partial charge in [-0.2, -0.15) is 0 Å². The topological polar surface area (TPSA) is 75.6 Å². The molecule has 1 unspecified atom stereocenters. The average Bonchev–Trinajstić information content (AvgIpc) is 2.35. The summed E-state index contributed by atoms with van der Waals surface area (Å²) in [6.07, 6.45) is 0.526. The van der Waals surface area contributed by atoms with Crippen LogP contribution in [0.5, 0.6) is 5.75 Å². The molecular formula is C14H23NO4S. The Morgan fingerprint density at radius 3 is 2.30 bits per heavy atom. The number of aliphatic hydroxyl groups is 1. The minimum Gasteiger partial charge on any atom is -0.497 e. The van der Waals surface area contributed by atoms with Gasteiger partial charge in [0.25, 0.3) is 0 Å². The molecule has 0 radical (unpaired) electrons. The van der Waals surface area contributed by atoms with Crippen LogP contribution in [-0.4, -0.2) is 32.8 Å². The summed E-state index contributed by atoms with van der Waals surface area (Å²) in [6, 6.07) is 6.11. The van der Waals surface area contributed by atoms with Crippen molar-refractivity contribution in [3.05, 3.63) is 24.3 Å². The Labute approximate surface area is 121 Å². The van der Waals surface area contributed by atoms with Gasteiger partial charge in [0.15, 0.2) is 0 Å². The maximum absolute atomic E-state index is 12.1. The van der Waals surface area contributed by atoms with Crippen molar-refractivity contribution in [1.82, 2.24) is 4.72 Å². The number of rotatable bonds is 7. The minimum atomic E-state index is -3.62. The molecule has 114 valence electrons. The Bertz CT molecular complexity index is 521. The molecule has 2 N–H and O–H groups in total. The van der Waals surface area contributed by atoms with E-state index in [0.29, 0.717) is 12.2 Å². The Hall–Kier alpha value is -1.11. The van der Waals surface area contributed by atoms with E-state index in [2.05, 4.69) is 4.72 Å². The average molecular weight is 301 g/mol. The van der Waals surface area contributed by atoms with Gasteiger partial charge in [0.2, 0.25) is 10.0 Å². The molecule has 0 aliphatic carbocycles. The van der Waals surface area contributed by atoms with Crippen molar-refractivity contribution in [3.63, 3.8) is 0 Å². The van der Waals surface area contributed by atoms with Crippen LogP contribution >= 0.6 is 0 Å². The minimum absolute atomic E-state index is 0.0143. The van der Waals surface area contributed by atoms with Gasteiger partial charge in [-0.3, -0.25) is 0 Å². The molecular weight excluding hydrogens is 278 g/mol. The van der Waals surface area contributed by atoms with Crippen LogP contribution in [0.25, 0.3) is 0 Å². The summed E-state index contributed by atoms with van der Waals surface area (Å²) >= 11 is 0. The fraction of sp³-hybridized carbons (Fsp3) is 0.571. The summed E-state index contributed by atoms with van der Waals surface area (Å²) in [6.45, 7) is 5.57. The van der Waals surface area contributed by atoms with E-state index in [1.807, 2.05) is 13.8 Å². The van der Waals surface area contributed by atoms with Gasteiger partial charge in [-0.1, -0.05) is 13.8 Å². The predicted octanol–water partition coefficient (Wildman–Crippen LogP) is 1.77. The van der Waals surface area contributed by atoms with Crippen LogP contribution in [0, 0.1) is 5.92 Å². The Kier molecular flexibility index (Phi) is 5.56. The van der Waals surface area contributed by atoms with Crippen molar-refractivity contribution in [2.45, 2.75) is 37.7 Å². The SMILES string of the molecule is COc1ccc(S(=O)(=O)NCC(C)(O)CC(C)C)cc1. The number of ether oxygens (including phenoxy) is 1. The molecule has 0 aromatic heterocycles. The van der Waals surface area contributed by atoms with E-state index >= 15 is 0 Å². The molecule has 1 rings (SSSR count). The molecule has 0 aliphatic rings. The number of benzene rings is 1. The van der Waals surface area contributed by atoms with Crippen molar-refractivity contribution in [3.8, 4) is 5.75 Å². The van der Waals surface area contributed by atoms with Crippen molar-refractivity contribution in [2.24, 2.45) is 5.92 Å². The molecule has 1 aromatic carbocycles. The number of hydrogen-bond donors (Lipinski definition) is 2. The van der Waals surface area contributed by atoms with Crippen LogP contribution in [0.15, 0.2) is 29.2 Å². The van der Waals surface area contributed by atoms with Gasteiger partial charge in [0, 0.05) is 6.54 Å².